The van der Waals surface area contributed by atoms with Crippen molar-refractivity contribution < 1.29 is 4.79 Å². The Morgan fingerprint density at radius 1 is 1.62 bits per heavy atom. The van der Waals surface area contributed by atoms with Crippen LogP contribution >= 0.6 is 22.9 Å². The molecule has 0 saturated heterocycles. The van der Waals surface area contributed by atoms with Gasteiger partial charge in [0, 0.05) is 6.42 Å². The number of ketones is 1. The Morgan fingerprint density at radius 3 is 2.77 bits per heavy atom. The fraction of sp³-hybridized carbons (Fsp3) is 0.500. The van der Waals surface area contributed by atoms with E-state index in [4.69, 9.17) is 11.6 Å². The summed E-state index contributed by atoms with van der Waals surface area (Å²) >= 11 is 7.43. The highest BCUT2D eigenvalue weighted by molar-refractivity contribution is 7.13. The molecule has 0 aliphatic rings. The Labute approximate surface area is 87.7 Å². The third kappa shape index (κ3) is 2.55. The molecular formula is C10H13ClOS. The number of unbranched alkanes of at least 4 members (excludes halogenated alkanes) is 1. The number of carbonyl (C=O) groups is 1. The molecular weight excluding hydrogens is 204 g/mol. The van der Waals surface area contributed by atoms with Crippen molar-refractivity contribution in [1.29, 1.82) is 0 Å². The average molecular weight is 217 g/mol. The van der Waals surface area contributed by atoms with E-state index >= 15 is 0 Å². The van der Waals surface area contributed by atoms with Crippen LogP contribution in [-0.4, -0.2) is 5.78 Å². The third-order valence-electron chi connectivity index (χ3n) is 1.91. The number of halogens is 1. The zero-order chi connectivity index (χ0) is 9.84. The van der Waals surface area contributed by atoms with Crippen LogP contribution < -0.4 is 0 Å². The number of rotatable bonds is 4. The van der Waals surface area contributed by atoms with Gasteiger partial charge in [-0.25, -0.2) is 0 Å². The molecule has 0 aliphatic heterocycles. The first-order chi connectivity index (χ1) is 6.16. The monoisotopic (exact) mass is 216 g/mol. The van der Waals surface area contributed by atoms with Crippen LogP contribution in [-0.2, 0) is 0 Å². The van der Waals surface area contributed by atoms with Crippen molar-refractivity contribution in [3.63, 3.8) is 0 Å². The fourth-order valence-electron chi connectivity index (χ4n) is 1.07. The molecule has 0 aromatic carbocycles. The van der Waals surface area contributed by atoms with Crippen LogP contribution in [0.25, 0.3) is 0 Å². The van der Waals surface area contributed by atoms with Crippen LogP contribution in [0.15, 0.2) is 5.38 Å². The van der Waals surface area contributed by atoms with Gasteiger partial charge in [-0.05, 0) is 24.3 Å². The summed E-state index contributed by atoms with van der Waals surface area (Å²) in [6, 6.07) is 0. The highest BCUT2D eigenvalue weighted by atomic mass is 35.5. The summed E-state index contributed by atoms with van der Waals surface area (Å²) in [5.41, 5.74) is 1.01. The molecule has 3 heteroatoms. The molecule has 1 nitrogen and oxygen atoms in total. The summed E-state index contributed by atoms with van der Waals surface area (Å²) in [5.74, 6) is 0.185. The van der Waals surface area contributed by atoms with E-state index in [1.165, 1.54) is 11.3 Å². The molecule has 0 atom stereocenters. The van der Waals surface area contributed by atoms with Gasteiger partial charge < -0.3 is 0 Å². The van der Waals surface area contributed by atoms with Gasteiger partial charge in [0.1, 0.15) is 0 Å². The second kappa shape index (κ2) is 4.77. The quantitative estimate of drug-likeness (QED) is 0.694. The molecule has 0 radical (unpaired) electrons. The normalized spacial score (nSPS) is 10.4. The first-order valence-electron chi connectivity index (χ1n) is 4.43. The number of carbonyl (C=O) groups excluding carboxylic acids is 1. The summed E-state index contributed by atoms with van der Waals surface area (Å²) in [6.07, 6.45) is 2.62. The van der Waals surface area contributed by atoms with Crippen LogP contribution in [0.2, 0.25) is 5.02 Å². The highest BCUT2D eigenvalue weighted by Crippen LogP contribution is 2.28. The molecule has 0 N–H and O–H groups in total. The predicted octanol–water partition coefficient (Wildman–Crippen LogP) is 4.08. The molecule has 0 bridgehead atoms. The zero-order valence-corrected chi connectivity index (χ0v) is 9.47. The van der Waals surface area contributed by atoms with E-state index in [0.29, 0.717) is 11.4 Å². The fourth-order valence-corrected chi connectivity index (χ4v) is 2.34. The standard InChI is InChI=1S/C10H13ClOS/c1-3-4-5-8(12)10-9(11)7(2)6-13-10/h6H,3-5H2,1-2H3. The Morgan fingerprint density at radius 2 is 2.31 bits per heavy atom. The van der Waals surface area contributed by atoms with Gasteiger partial charge in [-0.2, -0.15) is 0 Å². The van der Waals surface area contributed by atoms with Crippen molar-refractivity contribution in [3.8, 4) is 0 Å². The minimum Gasteiger partial charge on any atom is -0.293 e. The molecule has 0 unspecified atom stereocenters. The number of aryl methyl sites for hydroxylation is 1. The number of hydrogen-bond donors (Lipinski definition) is 0. The Balaban J connectivity index is 2.71. The number of hydrogen-bond acceptors (Lipinski definition) is 2. The molecule has 0 saturated carbocycles. The maximum atomic E-state index is 11.6. The largest absolute Gasteiger partial charge is 0.293 e. The van der Waals surface area contributed by atoms with Crippen LogP contribution in [0.4, 0.5) is 0 Å². The van der Waals surface area contributed by atoms with Gasteiger partial charge in [-0.3, -0.25) is 4.79 Å². The minimum absolute atomic E-state index is 0.185. The molecule has 1 heterocycles. The lowest BCUT2D eigenvalue weighted by atomic mass is 10.1. The molecule has 13 heavy (non-hydrogen) atoms. The molecule has 0 amide bonds. The minimum atomic E-state index is 0.185. The van der Waals surface area contributed by atoms with Crippen molar-refractivity contribution in [2.75, 3.05) is 0 Å². The van der Waals surface area contributed by atoms with Gasteiger partial charge in [0.05, 0.1) is 9.90 Å². The first-order valence-corrected chi connectivity index (χ1v) is 5.69. The summed E-state index contributed by atoms with van der Waals surface area (Å²) < 4.78 is 0. The second-order valence-corrected chi connectivity index (χ2v) is 4.35. The van der Waals surface area contributed by atoms with E-state index in [1.54, 1.807) is 0 Å². The van der Waals surface area contributed by atoms with Gasteiger partial charge in [0.25, 0.3) is 0 Å². The molecule has 0 fully saturated rings. The lowest BCUT2D eigenvalue weighted by molar-refractivity contribution is 0.0984. The van der Waals surface area contributed by atoms with Crippen LogP contribution in [0, 0.1) is 6.92 Å². The van der Waals surface area contributed by atoms with Crippen LogP contribution in [0.1, 0.15) is 41.4 Å². The van der Waals surface area contributed by atoms with Crippen molar-refractivity contribution in [2.45, 2.75) is 33.1 Å². The summed E-state index contributed by atoms with van der Waals surface area (Å²) in [6.45, 7) is 4.00. The molecule has 1 rings (SSSR count). The Hall–Kier alpha value is -0.340. The highest BCUT2D eigenvalue weighted by Gasteiger charge is 2.13. The lowest BCUT2D eigenvalue weighted by Gasteiger charge is -1.96. The SMILES string of the molecule is CCCCC(=O)c1scc(C)c1Cl. The molecule has 1 aromatic heterocycles. The van der Waals surface area contributed by atoms with Crippen LogP contribution in [0.3, 0.4) is 0 Å². The van der Waals surface area contributed by atoms with Crippen molar-refractivity contribution >= 4 is 28.7 Å². The average Bonchev–Trinajstić information content (AvgIpc) is 2.44. The van der Waals surface area contributed by atoms with Gasteiger partial charge in [-0.1, -0.05) is 24.9 Å². The summed E-state index contributed by atoms with van der Waals surface area (Å²) in [5, 5.41) is 2.58. The topological polar surface area (TPSA) is 17.1 Å². The van der Waals surface area contributed by atoms with E-state index in [9.17, 15) is 4.79 Å². The van der Waals surface area contributed by atoms with Gasteiger partial charge in [0.15, 0.2) is 5.78 Å². The van der Waals surface area contributed by atoms with Crippen molar-refractivity contribution in [2.24, 2.45) is 0 Å². The maximum absolute atomic E-state index is 11.6. The Kier molecular flexibility index (Phi) is 3.94. The lowest BCUT2D eigenvalue weighted by Crippen LogP contribution is -1.96. The van der Waals surface area contributed by atoms with Gasteiger partial charge in [0.2, 0.25) is 0 Å². The molecule has 72 valence electrons. The van der Waals surface area contributed by atoms with E-state index in [1.807, 2.05) is 12.3 Å². The number of thiophene rings is 1. The van der Waals surface area contributed by atoms with E-state index < -0.39 is 0 Å². The summed E-state index contributed by atoms with van der Waals surface area (Å²) in [4.78, 5) is 12.3. The van der Waals surface area contributed by atoms with E-state index in [2.05, 4.69) is 6.92 Å². The summed E-state index contributed by atoms with van der Waals surface area (Å²) in [7, 11) is 0. The van der Waals surface area contributed by atoms with Gasteiger partial charge >= 0.3 is 0 Å². The molecule has 1 aromatic rings. The van der Waals surface area contributed by atoms with Crippen LogP contribution in [0.5, 0.6) is 0 Å². The van der Waals surface area contributed by atoms with Crippen molar-refractivity contribution in [1.82, 2.24) is 0 Å². The van der Waals surface area contributed by atoms with Crippen molar-refractivity contribution in [3.05, 3.63) is 20.8 Å². The Bertz CT molecular complexity index is 304. The molecule has 0 spiro atoms. The second-order valence-electron chi connectivity index (χ2n) is 3.09. The zero-order valence-electron chi connectivity index (χ0n) is 7.89. The maximum Gasteiger partial charge on any atom is 0.174 e. The number of Topliss-reactive ketones (excluding diaryl/α,β-unsaturated/α-hetero) is 1. The first kappa shape index (κ1) is 10.7. The predicted molar refractivity (Wildman–Crippen MR) is 57.9 cm³/mol. The third-order valence-corrected chi connectivity index (χ3v) is 3.65. The van der Waals surface area contributed by atoms with E-state index in [0.717, 1.165) is 23.3 Å². The smallest absolute Gasteiger partial charge is 0.174 e. The molecule has 0 aliphatic carbocycles. The van der Waals surface area contributed by atoms with E-state index in [-0.39, 0.29) is 5.78 Å². The van der Waals surface area contributed by atoms with Gasteiger partial charge in [-0.15, -0.1) is 11.3 Å².